The molecule has 0 radical (unpaired) electrons. The van der Waals surface area contributed by atoms with Gasteiger partial charge in [-0.05, 0) is 47.1 Å². The van der Waals surface area contributed by atoms with Gasteiger partial charge in [0.2, 0.25) is 0 Å². The van der Waals surface area contributed by atoms with Crippen LogP contribution >= 0.6 is 0 Å². The highest BCUT2D eigenvalue weighted by molar-refractivity contribution is 5.68. The van der Waals surface area contributed by atoms with Crippen molar-refractivity contribution in [1.29, 1.82) is 0 Å². The second kappa shape index (κ2) is 7.70. The zero-order valence-corrected chi connectivity index (χ0v) is 12.8. The van der Waals surface area contributed by atoms with Crippen molar-refractivity contribution in [2.24, 2.45) is 0 Å². The van der Waals surface area contributed by atoms with Crippen molar-refractivity contribution in [1.82, 2.24) is 15.5 Å². The SMILES string of the molecule is CCN(CCNCC1CCCN1)C(=O)OC(C)(C)C. The Morgan fingerprint density at radius 1 is 1.47 bits per heavy atom. The molecular formula is C14H29N3O2. The van der Waals surface area contributed by atoms with Crippen LogP contribution in [0.1, 0.15) is 40.5 Å². The number of rotatable bonds is 6. The largest absolute Gasteiger partial charge is 0.444 e. The minimum absolute atomic E-state index is 0.226. The maximum Gasteiger partial charge on any atom is 0.410 e. The Morgan fingerprint density at radius 3 is 2.74 bits per heavy atom. The summed E-state index contributed by atoms with van der Waals surface area (Å²) in [6.45, 7) is 11.9. The van der Waals surface area contributed by atoms with E-state index in [4.69, 9.17) is 4.74 Å². The van der Waals surface area contributed by atoms with Gasteiger partial charge in [0.05, 0.1) is 0 Å². The van der Waals surface area contributed by atoms with Gasteiger partial charge in [0.25, 0.3) is 0 Å². The Bertz CT molecular complexity index is 270. The van der Waals surface area contributed by atoms with Crippen LogP contribution in [-0.2, 0) is 4.74 Å². The number of hydrogen-bond acceptors (Lipinski definition) is 4. The van der Waals surface area contributed by atoms with E-state index in [1.54, 1.807) is 4.90 Å². The Labute approximate surface area is 117 Å². The third kappa shape index (κ3) is 6.78. The first-order chi connectivity index (χ1) is 8.92. The van der Waals surface area contributed by atoms with E-state index in [0.29, 0.717) is 19.1 Å². The second-order valence-corrected chi connectivity index (χ2v) is 6.06. The Kier molecular flexibility index (Phi) is 6.58. The summed E-state index contributed by atoms with van der Waals surface area (Å²) >= 11 is 0. The number of nitrogens with one attached hydrogen (secondary N) is 2. The number of hydrogen-bond donors (Lipinski definition) is 2. The molecule has 1 aliphatic heterocycles. The highest BCUT2D eigenvalue weighted by Crippen LogP contribution is 2.09. The molecule has 5 nitrogen and oxygen atoms in total. The van der Waals surface area contributed by atoms with Crippen LogP contribution in [0.3, 0.4) is 0 Å². The monoisotopic (exact) mass is 271 g/mol. The minimum Gasteiger partial charge on any atom is -0.444 e. The van der Waals surface area contributed by atoms with E-state index < -0.39 is 5.60 Å². The highest BCUT2D eigenvalue weighted by atomic mass is 16.6. The van der Waals surface area contributed by atoms with Gasteiger partial charge in [0.1, 0.15) is 5.60 Å². The number of carbonyl (C=O) groups excluding carboxylic acids is 1. The van der Waals surface area contributed by atoms with Gasteiger partial charge in [0, 0.05) is 32.2 Å². The molecule has 1 amide bonds. The topological polar surface area (TPSA) is 53.6 Å². The summed E-state index contributed by atoms with van der Waals surface area (Å²) in [5, 5.41) is 6.84. The molecule has 0 spiro atoms. The molecule has 2 N–H and O–H groups in total. The van der Waals surface area contributed by atoms with Gasteiger partial charge >= 0.3 is 6.09 Å². The normalized spacial score (nSPS) is 19.5. The molecule has 1 rings (SSSR count). The van der Waals surface area contributed by atoms with Crippen LogP contribution < -0.4 is 10.6 Å². The molecule has 1 fully saturated rings. The number of ether oxygens (including phenoxy) is 1. The van der Waals surface area contributed by atoms with Crippen LogP contribution in [0.4, 0.5) is 4.79 Å². The maximum absolute atomic E-state index is 11.9. The fraction of sp³-hybridized carbons (Fsp3) is 0.929. The Balaban J connectivity index is 2.18. The predicted octanol–water partition coefficient (Wildman–Crippen LogP) is 1.58. The first-order valence-corrected chi connectivity index (χ1v) is 7.34. The molecule has 1 unspecified atom stereocenters. The molecule has 0 aromatic heterocycles. The van der Waals surface area contributed by atoms with Crippen molar-refractivity contribution in [2.45, 2.75) is 52.2 Å². The summed E-state index contributed by atoms with van der Waals surface area (Å²) in [5.41, 5.74) is -0.425. The lowest BCUT2D eigenvalue weighted by molar-refractivity contribution is 0.0262. The lowest BCUT2D eigenvalue weighted by atomic mass is 10.2. The molecule has 1 saturated heterocycles. The molecule has 1 aliphatic rings. The summed E-state index contributed by atoms with van der Waals surface area (Å²) in [6, 6.07) is 0.594. The first kappa shape index (κ1) is 16.2. The Hall–Kier alpha value is -0.810. The average Bonchev–Trinajstić information content (AvgIpc) is 2.79. The third-order valence-electron chi connectivity index (χ3n) is 3.15. The molecular weight excluding hydrogens is 242 g/mol. The summed E-state index contributed by atoms with van der Waals surface area (Å²) in [7, 11) is 0. The summed E-state index contributed by atoms with van der Waals surface area (Å²) in [4.78, 5) is 13.6. The molecule has 0 aromatic rings. The molecule has 0 bridgehead atoms. The molecule has 0 aromatic carbocycles. The second-order valence-electron chi connectivity index (χ2n) is 6.06. The predicted molar refractivity (Wildman–Crippen MR) is 77.4 cm³/mol. The van der Waals surface area contributed by atoms with Crippen molar-refractivity contribution in [3.05, 3.63) is 0 Å². The number of likely N-dealkylation sites (N-methyl/N-ethyl adjacent to an activating group) is 1. The van der Waals surface area contributed by atoms with Crippen molar-refractivity contribution in [2.75, 3.05) is 32.7 Å². The van der Waals surface area contributed by atoms with E-state index >= 15 is 0 Å². The van der Waals surface area contributed by atoms with Crippen molar-refractivity contribution in [3.63, 3.8) is 0 Å². The minimum atomic E-state index is -0.425. The number of amides is 1. The summed E-state index contributed by atoms with van der Waals surface area (Å²) in [6.07, 6.45) is 2.29. The van der Waals surface area contributed by atoms with E-state index in [2.05, 4.69) is 10.6 Å². The van der Waals surface area contributed by atoms with Crippen molar-refractivity contribution < 1.29 is 9.53 Å². The maximum atomic E-state index is 11.9. The summed E-state index contributed by atoms with van der Waals surface area (Å²) in [5.74, 6) is 0. The van der Waals surface area contributed by atoms with Crippen LogP contribution in [0.5, 0.6) is 0 Å². The zero-order chi connectivity index (χ0) is 14.3. The van der Waals surface area contributed by atoms with Gasteiger partial charge in [-0.1, -0.05) is 0 Å². The molecule has 112 valence electrons. The smallest absolute Gasteiger partial charge is 0.410 e. The third-order valence-corrected chi connectivity index (χ3v) is 3.15. The van der Waals surface area contributed by atoms with Crippen LogP contribution in [0, 0.1) is 0 Å². The van der Waals surface area contributed by atoms with Crippen LogP contribution in [0.15, 0.2) is 0 Å². The van der Waals surface area contributed by atoms with Gasteiger partial charge < -0.3 is 20.3 Å². The molecule has 0 saturated carbocycles. The highest BCUT2D eigenvalue weighted by Gasteiger charge is 2.20. The molecule has 0 aliphatic carbocycles. The van der Waals surface area contributed by atoms with E-state index in [-0.39, 0.29) is 6.09 Å². The molecule has 19 heavy (non-hydrogen) atoms. The van der Waals surface area contributed by atoms with Gasteiger partial charge in [-0.2, -0.15) is 0 Å². The Morgan fingerprint density at radius 2 is 2.21 bits per heavy atom. The van der Waals surface area contributed by atoms with Crippen LogP contribution in [0.25, 0.3) is 0 Å². The van der Waals surface area contributed by atoms with E-state index in [1.807, 2.05) is 27.7 Å². The van der Waals surface area contributed by atoms with E-state index in [1.165, 1.54) is 12.8 Å². The van der Waals surface area contributed by atoms with Crippen molar-refractivity contribution in [3.8, 4) is 0 Å². The lowest BCUT2D eigenvalue weighted by Crippen LogP contribution is -2.42. The van der Waals surface area contributed by atoms with Crippen LogP contribution in [-0.4, -0.2) is 55.4 Å². The number of nitrogens with zero attached hydrogens (tertiary/aromatic N) is 1. The number of carbonyl (C=O) groups is 1. The lowest BCUT2D eigenvalue weighted by Gasteiger charge is -2.26. The van der Waals surface area contributed by atoms with Crippen molar-refractivity contribution >= 4 is 6.09 Å². The van der Waals surface area contributed by atoms with Gasteiger partial charge in [-0.3, -0.25) is 0 Å². The van der Waals surface area contributed by atoms with E-state index in [0.717, 1.165) is 19.6 Å². The molecule has 1 heterocycles. The van der Waals surface area contributed by atoms with Crippen LogP contribution in [0.2, 0.25) is 0 Å². The quantitative estimate of drug-likeness (QED) is 0.720. The fourth-order valence-electron chi connectivity index (χ4n) is 2.13. The first-order valence-electron chi connectivity index (χ1n) is 7.34. The average molecular weight is 271 g/mol. The summed E-state index contributed by atoms with van der Waals surface area (Å²) < 4.78 is 5.37. The fourth-order valence-corrected chi connectivity index (χ4v) is 2.13. The van der Waals surface area contributed by atoms with E-state index in [9.17, 15) is 4.79 Å². The molecule has 1 atom stereocenters. The van der Waals surface area contributed by atoms with Gasteiger partial charge in [0.15, 0.2) is 0 Å². The van der Waals surface area contributed by atoms with Gasteiger partial charge in [-0.15, -0.1) is 0 Å². The zero-order valence-electron chi connectivity index (χ0n) is 12.8. The standard InChI is InChI=1S/C14H29N3O2/c1-5-17(13(18)19-14(2,3)4)10-9-15-11-12-7-6-8-16-12/h12,15-16H,5-11H2,1-4H3. The van der Waals surface area contributed by atoms with Gasteiger partial charge in [-0.25, -0.2) is 4.79 Å². The molecule has 5 heteroatoms.